The summed E-state index contributed by atoms with van der Waals surface area (Å²) in [7, 11) is -9.91. The van der Waals surface area contributed by atoms with Gasteiger partial charge in [-0.25, -0.2) is 9.13 Å². The predicted molar refractivity (Wildman–Crippen MR) is 354 cm³/mol. The van der Waals surface area contributed by atoms with E-state index in [1.807, 2.05) is 0 Å². The molecule has 3 unspecified atom stereocenters. The molecule has 0 aromatic rings. The number of rotatable bonds is 65. The van der Waals surface area contributed by atoms with E-state index in [0.29, 0.717) is 37.5 Å². The van der Waals surface area contributed by atoms with Crippen LogP contribution in [-0.2, 0) is 65.4 Å². The summed E-state index contributed by atoms with van der Waals surface area (Å²) < 4.78 is 68.1. The number of phosphoric acid groups is 2. The summed E-state index contributed by atoms with van der Waals surface area (Å²) in [6.45, 7) is 11.6. The lowest BCUT2D eigenvalue weighted by Crippen LogP contribution is -2.30. The molecular formula is C69H130O17P2. The fraction of sp³-hybridized carbons (Fsp3) is 0.884. The molecule has 3 N–H and O–H groups in total. The van der Waals surface area contributed by atoms with Gasteiger partial charge < -0.3 is 33.8 Å². The standard InChI is InChI=1S/C69H130O17P2/c1-8-10-11-12-13-14-15-16-17-18-19-24-29-38-45-52-68(73)85-64(56-79-66(71)50-43-36-28-23-21-20-22-27-35-42-49-62(7)9-2)58-83-87(75,76)81-54-63(70)55-82-88(77,78)84-59-65(57-80-67(72)51-44-37-32-31-34-41-48-61(5)6)86-69(74)53-46-39-30-25-26-33-40-47-60(3)4/h14-17,60-65,70H,8-13,18-59H2,1-7H3,(H,75,76)(H,77,78)/b15-14-,17-16-/t62?,63-,64-,65-/m1/s1. The van der Waals surface area contributed by atoms with Crippen LogP contribution < -0.4 is 0 Å². The molecular weight excluding hydrogens is 1160 g/mol. The van der Waals surface area contributed by atoms with Crippen molar-refractivity contribution in [3.05, 3.63) is 24.3 Å². The normalized spacial score (nSPS) is 14.7. The Morgan fingerprint density at radius 2 is 0.670 bits per heavy atom. The Bertz CT molecular complexity index is 1830. The van der Waals surface area contributed by atoms with Gasteiger partial charge in [-0.3, -0.25) is 37.3 Å². The van der Waals surface area contributed by atoms with Crippen molar-refractivity contribution in [1.29, 1.82) is 0 Å². The highest BCUT2D eigenvalue weighted by atomic mass is 31.2. The molecule has 88 heavy (non-hydrogen) atoms. The van der Waals surface area contributed by atoms with Gasteiger partial charge in [0, 0.05) is 25.7 Å². The average molecular weight is 1290 g/mol. The Balaban J connectivity index is 5.29. The van der Waals surface area contributed by atoms with Gasteiger partial charge in [0.15, 0.2) is 12.2 Å². The smallest absolute Gasteiger partial charge is 0.462 e. The first-order valence-electron chi connectivity index (χ1n) is 35.2. The molecule has 0 bridgehead atoms. The maximum Gasteiger partial charge on any atom is 0.472 e. The summed E-state index contributed by atoms with van der Waals surface area (Å²) in [5.41, 5.74) is 0. The summed E-state index contributed by atoms with van der Waals surface area (Å²) in [6.07, 6.45) is 45.5. The van der Waals surface area contributed by atoms with Crippen molar-refractivity contribution < 1.29 is 80.2 Å². The first kappa shape index (κ1) is 85.5. The summed E-state index contributed by atoms with van der Waals surface area (Å²) in [5.74, 6) is 0.0157. The second-order valence-corrected chi connectivity index (χ2v) is 28.3. The maximum atomic E-state index is 13.0. The number of carbonyl (C=O) groups is 4. The van der Waals surface area contributed by atoms with E-state index in [1.165, 1.54) is 109 Å². The van der Waals surface area contributed by atoms with Gasteiger partial charge in [-0.15, -0.1) is 0 Å². The maximum absolute atomic E-state index is 13.0. The highest BCUT2D eigenvalue weighted by Gasteiger charge is 2.30. The Kier molecular flexibility index (Phi) is 57.9. The molecule has 0 heterocycles. The molecule has 0 spiro atoms. The zero-order valence-corrected chi connectivity index (χ0v) is 58.5. The number of carbonyl (C=O) groups excluding carboxylic acids is 4. The zero-order valence-electron chi connectivity index (χ0n) is 56.7. The molecule has 0 aliphatic heterocycles. The number of hydrogen-bond acceptors (Lipinski definition) is 15. The molecule has 0 saturated carbocycles. The molecule has 17 nitrogen and oxygen atoms in total. The second kappa shape index (κ2) is 59.5. The Morgan fingerprint density at radius 1 is 0.375 bits per heavy atom. The van der Waals surface area contributed by atoms with Crippen molar-refractivity contribution in [3.8, 4) is 0 Å². The molecule has 0 aromatic heterocycles. The van der Waals surface area contributed by atoms with Crippen molar-refractivity contribution in [2.45, 2.75) is 336 Å². The van der Waals surface area contributed by atoms with Crippen LogP contribution in [-0.4, -0.2) is 96.7 Å². The average Bonchev–Trinajstić information content (AvgIpc) is 3.59. The third-order valence-electron chi connectivity index (χ3n) is 15.6. The van der Waals surface area contributed by atoms with Crippen molar-refractivity contribution in [1.82, 2.24) is 0 Å². The van der Waals surface area contributed by atoms with Crippen LogP contribution in [0.2, 0.25) is 0 Å². The molecule has 518 valence electrons. The van der Waals surface area contributed by atoms with E-state index in [9.17, 15) is 43.2 Å². The van der Waals surface area contributed by atoms with Crippen molar-refractivity contribution in [2.75, 3.05) is 39.6 Å². The van der Waals surface area contributed by atoms with E-state index in [4.69, 9.17) is 37.0 Å². The van der Waals surface area contributed by atoms with Gasteiger partial charge in [-0.05, 0) is 69.1 Å². The third kappa shape index (κ3) is 61.1. The minimum absolute atomic E-state index is 0.0842. The van der Waals surface area contributed by atoms with Crippen LogP contribution in [0.25, 0.3) is 0 Å². The molecule has 0 saturated heterocycles. The molecule has 19 heteroatoms. The number of hydrogen-bond donors (Lipinski definition) is 3. The Morgan fingerprint density at radius 3 is 1.01 bits per heavy atom. The highest BCUT2D eigenvalue weighted by molar-refractivity contribution is 7.47. The molecule has 0 aliphatic rings. The summed E-state index contributed by atoms with van der Waals surface area (Å²) in [5, 5.41) is 10.6. The molecule has 0 amide bonds. The summed E-state index contributed by atoms with van der Waals surface area (Å²) in [6, 6.07) is 0. The lowest BCUT2D eigenvalue weighted by Gasteiger charge is -2.21. The van der Waals surface area contributed by atoms with Gasteiger partial charge in [0.05, 0.1) is 26.4 Å². The van der Waals surface area contributed by atoms with Crippen LogP contribution in [0.1, 0.15) is 318 Å². The first-order valence-corrected chi connectivity index (χ1v) is 38.2. The van der Waals surface area contributed by atoms with Gasteiger partial charge in [0.25, 0.3) is 0 Å². The molecule has 0 fully saturated rings. The zero-order chi connectivity index (χ0) is 65.2. The largest absolute Gasteiger partial charge is 0.472 e. The van der Waals surface area contributed by atoms with Crippen LogP contribution in [0.4, 0.5) is 0 Å². The minimum Gasteiger partial charge on any atom is -0.462 e. The van der Waals surface area contributed by atoms with Gasteiger partial charge in [0.2, 0.25) is 0 Å². The summed E-state index contributed by atoms with van der Waals surface area (Å²) in [4.78, 5) is 72.4. The molecule has 0 rings (SSSR count). The van der Waals surface area contributed by atoms with Gasteiger partial charge >= 0.3 is 39.5 Å². The highest BCUT2D eigenvalue weighted by Crippen LogP contribution is 2.45. The van der Waals surface area contributed by atoms with E-state index in [1.54, 1.807) is 0 Å². The number of aliphatic hydroxyl groups excluding tert-OH is 1. The number of ether oxygens (including phenoxy) is 4. The number of aliphatic hydroxyl groups is 1. The third-order valence-corrected chi connectivity index (χ3v) is 17.5. The van der Waals surface area contributed by atoms with Gasteiger partial charge in [-0.1, -0.05) is 265 Å². The van der Waals surface area contributed by atoms with Crippen LogP contribution in [0, 0.1) is 17.8 Å². The number of phosphoric ester groups is 2. The van der Waals surface area contributed by atoms with Crippen molar-refractivity contribution in [2.24, 2.45) is 17.8 Å². The molecule has 0 aromatic carbocycles. The van der Waals surface area contributed by atoms with E-state index in [2.05, 4.69) is 72.8 Å². The lowest BCUT2D eigenvalue weighted by atomic mass is 9.99. The van der Waals surface area contributed by atoms with Crippen molar-refractivity contribution in [3.63, 3.8) is 0 Å². The Hall–Kier alpha value is -2.46. The quantitative estimate of drug-likeness (QED) is 0.0169. The number of allylic oxidation sites excluding steroid dienone is 4. The van der Waals surface area contributed by atoms with Crippen LogP contribution in [0.15, 0.2) is 24.3 Å². The Labute approximate surface area is 535 Å². The van der Waals surface area contributed by atoms with E-state index >= 15 is 0 Å². The van der Waals surface area contributed by atoms with Crippen LogP contribution >= 0.6 is 15.6 Å². The van der Waals surface area contributed by atoms with Crippen LogP contribution in [0.5, 0.6) is 0 Å². The lowest BCUT2D eigenvalue weighted by molar-refractivity contribution is -0.161. The monoisotopic (exact) mass is 1290 g/mol. The van der Waals surface area contributed by atoms with E-state index in [0.717, 1.165) is 115 Å². The second-order valence-electron chi connectivity index (χ2n) is 25.4. The fourth-order valence-corrected chi connectivity index (χ4v) is 11.4. The van der Waals surface area contributed by atoms with E-state index in [-0.39, 0.29) is 25.7 Å². The minimum atomic E-state index is -4.96. The van der Waals surface area contributed by atoms with Gasteiger partial charge in [0.1, 0.15) is 19.3 Å². The summed E-state index contributed by atoms with van der Waals surface area (Å²) >= 11 is 0. The molecule has 0 aliphatic carbocycles. The molecule has 0 radical (unpaired) electrons. The molecule has 6 atom stereocenters. The topological polar surface area (TPSA) is 237 Å². The predicted octanol–water partition coefficient (Wildman–Crippen LogP) is 19.0. The number of unbranched alkanes of at least 4 members (excludes halogenated alkanes) is 29. The van der Waals surface area contributed by atoms with Crippen molar-refractivity contribution >= 4 is 39.5 Å². The van der Waals surface area contributed by atoms with Crippen LogP contribution in [0.3, 0.4) is 0 Å². The van der Waals surface area contributed by atoms with Gasteiger partial charge in [-0.2, -0.15) is 0 Å². The number of esters is 4. The fourth-order valence-electron chi connectivity index (χ4n) is 9.79. The van der Waals surface area contributed by atoms with E-state index < -0.39 is 97.5 Å². The first-order chi connectivity index (χ1) is 42.3. The SMILES string of the molecule is CCCCCC/C=C\C=C/CCCCCCCC(=O)O[C@H](COC(=O)CCCCCCCCCCCCC(C)CC)COP(=O)(O)OC[C@@H](O)COP(=O)(O)OC[C@@H](COC(=O)CCCCCCCCC(C)C)OC(=O)CCCCCCCCCC(C)C.